The molecule has 1 aromatic rings. The molecule has 0 aliphatic rings. The first-order valence-corrected chi connectivity index (χ1v) is 7.50. The van der Waals surface area contributed by atoms with E-state index in [-0.39, 0.29) is 11.6 Å². The number of nitrogens with one attached hydrogen (secondary N) is 1. The van der Waals surface area contributed by atoms with Crippen molar-refractivity contribution in [3.8, 4) is 0 Å². The summed E-state index contributed by atoms with van der Waals surface area (Å²) in [6.45, 7) is 6.03. The second-order valence-electron chi connectivity index (χ2n) is 5.71. The van der Waals surface area contributed by atoms with Gasteiger partial charge in [-0.15, -0.1) is 4.72 Å². The number of rotatable bonds is 5. The molecule has 2 N–H and O–H groups in total. The van der Waals surface area contributed by atoms with Gasteiger partial charge in [-0.2, -0.15) is 8.78 Å². The van der Waals surface area contributed by atoms with E-state index in [2.05, 4.69) is 4.72 Å². The molecular formula is C14H21F2NO2S. The van der Waals surface area contributed by atoms with Gasteiger partial charge in [-0.05, 0) is 39.3 Å². The highest BCUT2D eigenvalue weighted by Crippen LogP contribution is 2.29. The fourth-order valence-electron chi connectivity index (χ4n) is 1.53. The molecule has 3 nitrogen and oxygen atoms in total. The molecule has 20 heavy (non-hydrogen) atoms. The smallest absolute Gasteiger partial charge is 0.295 e. The van der Waals surface area contributed by atoms with Crippen LogP contribution in [0.15, 0.2) is 24.3 Å². The van der Waals surface area contributed by atoms with E-state index in [1.165, 1.54) is 18.2 Å². The van der Waals surface area contributed by atoms with E-state index < -0.39 is 28.6 Å². The van der Waals surface area contributed by atoms with Crippen molar-refractivity contribution < 1.29 is 18.4 Å². The Bertz CT molecular complexity index is 449. The molecule has 0 unspecified atom stereocenters. The fraction of sp³-hybridized carbons (Fsp3) is 0.571. The van der Waals surface area contributed by atoms with Crippen molar-refractivity contribution in [2.45, 2.75) is 44.4 Å². The quantitative estimate of drug-likeness (QED) is 0.823. The summed E-state index contributed by atoms with van der Waals surface area (Å²) in [7, 11) is 0. The first-order chi connectivity index (χ1) is 9.08. The standard InChI is InChI=1S/C14H21F2NO2S/c1-10(17-20(19)13(2,3)4)11-6-5-7-12(8-11)14(15,16)9-18/h5-8,10,17-18H,9H2,1-4H3/t10-,20+/m1/s1. The Morgan fingerprint density at radius 1 is 1.35 bits per heavy atom. The molecule has 0 heterocycles. The van der Waals surface area contributed by atoms with Gasteiger partial charge in [-0.1, -0.05) is 18.2 Å². The van der Waals surface area contributed by atoms with Gasteiger partial charge < -0.3 is 9.66 Å². The maximum absolute atomic E-state index is 13.4. The lowest BCUT2D eigenvalue weighted by Crippen LogP contribution is -2.40. The number of alkyl halides is 2. The number of aliphatic hydroxyl groups is 1. The molecule has 0 aromatic heterocycles. The van der Waals surface area contributed by atoms with E-state index in [4.69, 9.17) is 5.11 Å². The van der Waals surface area contributed by atoms with Crippen molar-refractivity contribution in [2.75, 3.05) is 6.61 Å². The first-order valence-electron chi connectivity index (χ1n) is 6.35. The Balaban J connectivity index is 2.90. The third-order valence-corrected chi connectivity index (χ3v) is 4.53. The Kier molecular flexibility index (Phi) is 5.54. The minimum absolute atomic E-state index is 0.243. The van der Waals surface area contributed by atoms with Crippen LogP contribution in [0.4, 0.5) is 8.78 Å². The minimum Gasteiger partial charge on any atom is -0.598 e. The zero-order chi connectivity index (χ0) is 15.6. The van der Waals surface area contributed by atoms with E-state index in [1.807, 2.05) is 20.8 Å². The number of hydrogen-bond donors (Lipinski definition) is 2. The second-order valence-corrected chi connectivity index (χ2v) is 7.71. The van der Waals surface area contributed by atoms with Crippen molar-refractivity contribution in [2.24, 2.45) is 0 Å². The molecule has 0 saturated heterocycles. The van der Waals surface area contributed by atoms with Crippen LogP contribution in [-0.2, 0) is 17.3 Å². The molecular weight excluding hydrogens is 284 g/mol. The molecule has 0 saturated carbocycles. The SMILES string of the molecule is C[C@@H](N[S@@+]([O-])C(C)(C)C)c1cccc(C(F)(F)CO)c1. The van der Waals surface area contributed by atoms with Gasteiger partial charge in [0.1, 0.15) is 11.4 Å². The van der Waals surface area contributed by atoms with Crippen molar-refractivity contribution in [1.82, 2.24) is 4.72 Å². The van der Waals surface area contributed by atoms with Crippen LogP contribution in [0.3, 0.4) is 0 Å². The predicted molar refractivity (Wildman–Crippen MR) is 76.9 cm³/mol. The third kappa shape index (κ3) is 4.41. The average Bonchev–Trinajstić information content (AvgIpc) is 2.37. The molecule has 2 atom stereocenters. The van der Waals surface area contributed by atoms with Crippen molar-refractivity contribution in [3.05, 3.63) is 35.4 Å². The molecule has 114 valence electrons. The summed E-state index contributed by atoms with van der Waals surface area (Å²) >= 11 is -1.28. The first kappa shape index (κ1) is 17.4. The van der Waals surface area contributed by atoms with Gasteiger partial charge in [0.25, 0.3) is 5.92 Å². The van der Waals surface area contributed by atoms with E-state index in [9.17, 15) is 13.3 Å². The van der Waals surface area contributed by atoms with E-state index >= 15 is 0 Å². The van der Waals surface area contributed by atoms with Crippen LogP contribution in [0, 0.1) is 0 Å². The van der Waals surface area contributed by atoms with Crippen LogP contribution in [0.5, 0.6) is 0 Å². The summed E-state index contributed by atoms with van der Waals surface area (Å²) in [6, 6.07) is 5.46. The summed E-state index contributed by atoms with van der Waals surface area (Å²) in [4.78, 5) is 0. The van der Waals surface area contributed by atoms with Crippen LogP contribution < -0.4 is 4.72 Å². The van der Waals surface area contributed by atoms with Crippen LogP contribution in [0.1, 0.15) is 44.9 Å². The highest BCUT2D eigenvalue weighted by atomic mass is 32.2. The van der Waals surface area contributed by atoms with Crippen molar-refractivity contribution in [3.63, 3.8) is 0 Å². The molecule has 0 amide bonds. The number of halogens is 2. The molecule has 0 fully saturated rings. The lowest BCUT2D eigenvalue weighted by atomic mass is 10.0. The van der Waals surface area contributed by atoms with Gasteiger partial charge in [0.15, 0.2) is 0 Å². The second kappa shape index (κ2) is 6.39. The number of aliphatic hydroxyl groups excluding tert-OH is 1. The Hall–Kier alpha value is -0.690. The topological polar surface area (TPSA) is 55.3 Å². The molecule has 0 aliphatic heterocycles. The van der Waals surface area contributed by atoms with Crippen LogP contribution in [0.2, 0.25) is 0 Å². The van der Waals surface area contributed by atoms with Gasteiger partial charge in [0.2, 0.25) is 0 Å². The number of hydrogen-bond acceptors (Lipinski definition) is 3. The maximum atomic E-state index is 13.4. The van der Waals surface area contributed by atoms with Crippen molar-refractivity contribution >= 4 is 11.4 Å². The number of benzene rings is 1. The lowest BCUT2D eigenvalue weighted by molar-refractivity contribution is -0.0556. The normalized spacial score (nSPS) is 16.0. The molecule has 0 spiro atoms. The Morgan fingerprint density at radius 2 is 1.95 bits per heavy atom. The summed E-state index contributed by atoms with van der Waals surface area (Å²) in [6.07, 6.45) is 0. The van der Waals surface area contributed by atoms with Crippen LogP contribution in [0.25, 0.3) is 0 Å². The van der Waals surface area contributed by atoms with Gasteiger partial charge >= 0.3 is 0 Å². The van der Waals surface area contributed by atoms with Gasteiger partial charge in [-0.25, -0.2) is 0 Å². The molecule has 6 heteroatoms. The molecule has 0 bridgehead atoms. The predicted octanol–water partition coefficient (Wildman–Crippen LogP) is 2.88. The summed E-state index contributed by atoms with van der Waals surface area (Å²) in [5.41, 5.74) is 0.362. The molecule has 1 rings (SSSR count). The van der Waals surface area contributed by atoms with Crippen molar-refractivity contribution in [1.29, 1.82) is 0 Å². The summed E-state index contributed by atoms with van der Waals surface area (Å²) in [5, 5.41) is 8.71. The van der Waals surface area contributed by atoms with E-state index in [1.54, 1.807) is 13.0 Å². The maximum Gasteiger partial charge on any atom is 0.295 e. The monoisotopic (exact) mass is 305 g/mol. The lowest BCUT2D eigenvalue weighted by Gasteiger charge is -2.27. The Labute approximate surface area is 121 Å². The zero-order valence-corrected chi connectivity index (χ0v) is 12.9. The zero-order valence-electron chi connectivity index (χ0n) is 12.1. The average molecular weight is 305 g/mol. The highest BCUT2D eigenvalue weighted by Gasteiger charge is 2.32. The third-order valence-electron chi connectivity index (χ3n) is 2.85. The highest BCUT2D eigenvalue weighted by molar-refractivity contribution is 7.90. The minimum atomic E-state index is -3.26. The van der Waals surface area contributed by atoms with Gasteiger partial charge in [0.05, 0.1) is 6.04 Å². The summed E-state index contributed by atoms with van der Waals surface area (Å²) < 4.78 is 41.4. The molecule has 0 aliphatic carbocycles. The molecule has 0 radical (unpaired) electrons. The Morgan fingerprint density at radius 3 is 2.45 bits per heavy atom. The fourth-order valence-corrected chi connectivity index (χ4v) is 2.34. The largest absolute Gasteiger partial charge is 0.598 e. The summed E-state index contributed by atoms with van der Waals surface area (Å²) in [5.74, 6) is -3.26. The van der Waals surface area contributed by atoms with Crippen LogP contribution in [-0.4, -0.2) is 21.0 Å². The van der Waals surface area contributed by atoms with E-state index in [0.29, 0.717) is 5.56 Å². The molecule has 1 aromatic carbocycles. The van der Waals surface area contributed by atoms with E-state index in [0.717, 1.165) is 0 Å². The van der Waals surface area contributed by atoms with Gasteiger partial charge in [0, 0.05) is 16.9 Å². The van der Waals surface area contributed by atoms with Gasteiger partial charge in [-0.3, -0.25) is 0 Å². The van der Waals surface area contributed by atoms with Crippen LogP contribution >= 0.6 is 0 Å².